The lowest BCUT2D eigenvalue weighted by atomic mass is 9.83. The van der Waals surface area contributed by atoms with Crippen molar-refractivity contribution in [3.63, 3.8) is 0 Å². The molecule has 0 aromatic heterocycles. The SMILES string of the molecule is CNC(C)(C(N)=O)[C@@H]1CN(C(=O)CC(C)C)c2ccccc2N(Cc2c(OC)ccc3cc(Br)ccc23)C1=O.Cl. The van der Waals surface area contributed by atoms with Crippen molar-refractivity contribution >= 4 is 68.2 Å². The van der Waals surface area contributed by atoms with Crippen LogP contribution < -0.4 is 25.6 Å². The first-order valence-electron chi connectivity index (χ1n) is 13.0. The molecule has 1 aliphatic heterocycles. The molecule has 8 nitrogen and oxygen atoms in total. The Balaban J connectivity index is 0.00000441. The van der Waals surface area contributed by atoms with Crippen molar-refractivity contribution in [1.29, 1.82) is 0 Å². The summed E-state index contributed by atoms with van der Waals surface area (Å²) in [6, 6.07) is 17.2. The molecule has 1 heterocycles. The van der Waals surface area contributed by atoms with Crippen molar-refractivity contribution in [2.45, 2.75) is 39.3 Å². The summed E-state index contributed by atoms with van der Waals surface area (Å²) >= 11 is 3.54. The number of benzene rings is 3. The molecule has 0 saturated carbocycles. The first-order chi connectivity index (χ1) is 18.5. The zero-order valence-electron chi connectivity index (χ0n) is 23.4. The minimum absolute atomic E-state index is 0. The third kappa shape index (κ3) is 5.82. The fraction of sp³-hybridized carbons (Fsp3) is 0.367. The number of hydrogen-bond donors (Lipinski definition) is 2. The number of nitrogens with one attached hydrogen (secondary N) is 1. The summed E-state index contributed by atoms with van der Waals surface area (Å²) in [7, 11) is 3.20. The molecule has 0 fully saturated rings. The number of primary amides is 1. The number of para-hydroxylation sites is 2. The van der Waals surface area contributed by atoms with Crippen LogP contribution in [-0.4, -0.2) is 44.0 Å². The van der Waals surface area contributed by atoms with Gasteiger partial charge in [0, 0.05) is 23.0 Å². The minimum Gasteiger partial charge on any atom is -0.496 e. The molecule has 4 rings (SSSR count). The van der Waals surface area contributed by atoms with Crippen LogP contribution in [-0.2, 0) is 20.9 Å². The van der Waals surface area contributed by atoms with Gasteiger partial charge in [0.05, 0.1) is 30.9 Å². The second-order valence-electron chi connectivity index (χ2n) is 10.5. The molecule has 214 valence electrons. The monoisotopic (exact) mass is 630 g/mol. The highest BCUT2D eigenvalue weighted by Crippen LogP contribution is 2.40. The number of nitrogens with zero attached hydrogens (tertiary/aromatic N) is 2. The van der Waals surface area contributed by atoms with Gasteiger partial charge in [-0.3, -0.25) is 14.4 Å². The Bertz CT molecular complexity index is 1430. The molecular weight excluding hydrogens is 596 g/mol. The lowest BCUT2D eigenvalue weighted by Gasteiger charge is -2.36. The minimum atomic E-state index is -1.40. The van der Waals surface area contributed by atoms with Crippen molar-refractivity contribution in [2.75, 3.05) is 30.5 Å². The van der Waals surface area contributed by atoms with Gasteiger partial charge in [-0.15, -0.1) is 12.4 Å². The summed E-state index contributed by atoms with van der Waals surface area (Å²) in [5.74, 6) is -1.29. The molecule has 3 amide bonds. The van der Waals surface area contributed by atoms with E-state index in [9.17, 15) is 14.4 Å². The molecule has 2 atom stereocenters. The van der Waals surface area contributed by atoms with Gasteiger partial charge in [-0.25, -0.2) is 0 Å². The Morgan fingerprint density at radius 3 is 2.42 bits per heavy atom. The molecule has 0 bridgehead atoms. The van der Waals surface area contributed by atoms with Gasteiger partial charge in [0.1, 0.15) is 11.3 Å². The fourth-order valence-corrected chi connectivity index (χ4v) is 5.58. The second kappa shape index (κ2) is 12.6. The Hall–Kier alpha value is -3.14. The summed E-state index contributed by atoms with van der Waals surface area (Å²) in [6.07, 6.45) is 0.300. The van der Waals surface area contributed by atoms with Gasteiger partial charge in [0.2, 0.25) is 17.7 Å². The van der Waals surface area contributed by atoms with E-state index in [0.717, 1.165) is 20.8 Å². The molecule has 3 aromatic rings. The Kier molecular flexibility index (Phi) is 9.87. The highest BCUT2D eigenvalue weighted by Gasteiger charge is 2.48. The van der Waals surface area contributed by atoms with Crippen LogP contribution in [0.3, 0.4) is 0 Å². The number of ether oxygens (including phenoxy) is 1. The predicted octanol–water partition coefficient (Wildman–Crippen LogP) is 5.04. The van der Waals surface area contributed by atoms with Crippen molar-refractivity contribution < 1.29 is 19.1 Å². The molecule has 1 aliphatic rings. The number of halogens is 2. The third-order valence-electron chi connectivity index (χ3n) is 7.59. The zero-order chi connectivity index (χ0) is 28.5. The average Bonchev–Trinajstić information content (AvgIpc) is 3.02. The number of nitrogens with two attached hydrogens (primary N) is 1. The molecule has 40 heavy (non-hydrogen) atoms. The lowest BCUT2D eigenvalue weighted by molar-refractivity contribution is -0.133. The van der Waals surface area contributed by atoms with Gasteiger partial charge in [0.25, 0.3) is 0 Å². The maximum Gasteiger partial charge on any atom is 0.238 e. The van der Waals surface area contributed by atoms with Crippen LogP contribution in [0.2, 0.25) is 0 Å². The lowest BCUT2D eigenvalue weighted by Crippen LogP contribution is -2.63. The molecule has 0 radical (unpaired) electrons. The van der Waals surface area contributed by atoms with Gasteiger partial charge in [0.15, 0.2) is 0 Å². The van der Waals surface area contributed by atoms with Gasteiger partial charge < -0.3 is 25.6 Å². The fourth-order valence-electron chi connectivity index (χ4n) is 5.20. The summed E-state index contributed by atoms with van der Waals surface area (Å²) in [4.78, 5) is 44.1. The van der Waals surface area contributed by atoms with Crippen LogP contribution in [0, 0.1) is 11.8 Å². The number of carbonyl (C=O) groups excluding carboxylic acids is 3. The van der Waals surface area contributed by atoms with Gasteiger partial charge in [-0.05, 0) is 61.0 Å². The topological polar surface area (TPSA) is 105 Å². The van der Waals surface area contributed by atoms with E-state index in [0.29, 0.717) is 23.5 Å². The molecule has 3 N–H and O–H groups in total. The van der Waals surface area contributed by atoms with Gasteiger partial charge in [-0.1, -0.05) is 54.0 Å². The van der Waals surface area contributed by atoms with E-state index in [1.165, 1.54) is 0 Å². The van der Waals surface area contributed by atoms with Crippen LogP contribution in [0.1, 0.15) is 32.8 Å². The normalized spacial score (nSPS) is 16.7. The van der Waals surface area contributed by atoms with Crippen LogP contribution >= 0.6 is 28.3 Å². The van der Waals surface area contributed by atoms with Crippen LogP contribution in [0.25, 0.3) is 10.8 Å². The van der Waals surface area contributed by atoms with E-state index in [1.54, 1.807) is 30.9 Å². The van der Waals surface area contributed by atoms with E-state index in [-0.39, 0.29) is 43.2 Å². The number of amides is 3. The molecule has 10 heteroatoms. The summed E-state index contributed by atoms with van der Waals surface area (Å²) in [6.45, 7) is 5.75. The maximum absolute atomic E-state index is 14.5. The molecular formula is C30H36BrClN4O4. The Morgan fingerprint density at radius 1 is 1.15 bits per heavy atom. The zero-order valence-corrected chi connectivity index (χ0v) is 25.8. The van der Waals surface area contributed by atoms with Crippen molar-refractivity contribution in [3.8, 4) is 5.75 Å². The molecule has 3 aromatic carbocycles. The van der Waals surface area contributed by atoms with Crippen molar-refractivity contribution in [3.05, 3.63) is 64.6 Å². The number of hydrogen-bond acceptors (Lipinski definition) is 5. The number of carbonyl (C=O) groups is 3. The highest BCUT2D eigenvalue weighted by atomic mass is 79.9. The second-order valence-corrected chi connectivity index (χ2v) is 11.4. The van der Waals surface area contributed by atoms with E-state index in [1.807, 2.05) is 68.4 Å². The summed E-state index contributed by atoms with van der Waals surface area (Å²) in [5.41, 5.74) is 6.48. The van der Waals surface area contributed by atoms with Gasteiger partial charge >= 0.3 is 0 Å². The molecule has 0 aliphatic carbocycles. The largest absolute Gasteiger partial charge is 0.496 e. The Labute approximate surface area is 249 Å². The van der Waals surface area contributed by atoms with E-state index >= 15 is 0 Å². The Morgan fingerprint density at radius 2 is 1.82 bits per heavy atom. The number of anilines is 2. The van der Waals surface area contributed by atoms with Crippen molar-refractivity contribution in [2.24, 2.45) is 17.6 Å². The van der Waals surface area contributed by atoms with E-state index in [2.05, 4.69) is 21.2 Å². The third-order valence-corrected chi connectivity index (χ3v) is 8.08. The van der Waals surface area contributed by atoms with Crippen LogP contribution in [0.4, 0.5) is 11.4 Å². The average molecular weight is 632 g/mol. The standard InChI is InChI=1S/C30H35BrN4O4.ClH/c1-18(2)14-27(36)34-17-23(30(3,33-4)29(32)38)28(37)35(25-9-7-6-8-24(25)34)16-22-21-12-11-20(31)15-19(21)10-13-26(22)39-5;/h6-13,15,18,23,33H,14,16-17H2,1-5H3,(H2,32,38);1H/t23-,30?;/m1./s1. The van der Waals surface area contributed by atoms with E-state index < -0.39 is 17.4 Å². The number of rotatable bonds is 8. The maximum atomic E-state index is 14.5. The number of methoxy groups -OCH3 is 1. The van der Waals surface area contributed by atoms with Crippen LogP contribution in [0.5, 0.6) is 5.75 Å². The molecule has 0 spiro atoms. The number of likely N-dealkylation sites (N-methyl/N-ethyl adjacent to an activating group) is 1. The molecule has 0 saturated heterocycles. The molecule has 1 unspecified atom stereocenters. The first-order valence-corrected chi connectivity index (χ1v) is 13.8. The summed E-state index contributed by atoms with van der Waals surface area (Å²) in [5, 5.41) is 4.90. The first kappa shape index (κ1) is 31.4. The predicted molar refractivity (Wildman–Crippen MR) is 165 cm³/mol. The van der Waals surface area contributed by atoms with Gasteiger partial charge in [-0.2, -0.15) is 0 Å². The number of fused-ring (bicyclic) bond motifs is 2. The smallest absolute Gasteiger partial charge is 0.238 e. The van der Waals surface area contributed by atoms with Crippen molar-refractivity contribution in [1.82, 2.24) is 5.32 Å². The van der Waals surface area contributed by atoms with E-state index in [4.69, 9.17) is 10.5 Å². The quantitative estimate of drug-likeness (QED) is 0.363. The highest BCUT2D eigenvalue weighted by molar-refractivity contribution is 9.10. The summed E-state index contributed by atoms with van der Waals surface area (Å²) < 4.78 is 6.67. The van der Waals surface area contributed by atoms with Crippen LogP contribution in [0.15, 0.2) is 59.1 Å².